The van der Waals surface area contributed by atoms with Gasteiger partial charge in [0.25, 0.3) is 0 Å². The normalized spacial score (nSPS) is 23.6. The summed E-state index contributed by atoms with van der Waals surface area (Å²) in [5, 5.41) is 0. The summed E-state index contributed by atoms with van der Waals surface area (Å²) >= 11 is 0. The van der Waals surface area contributed by atoms with Crippen LogP contribution in [-0.4, -0.2) is 50.8 Å². The highest BCUT2D eigenvalue weighted by molar-refractivity contribution is 5.69. The Balaban J connectivity index is 2.48. The molecule has 0 aromatic rings. The first kappa shape index (κ1) is 16.4. The second kappa shape index (κ2) is 9.32. The van der Waals surface area contributed by atoms with Gasteiger partial charge in [0, 0.05) is 26.2 Å². The third-order valence-electron chi connectivity index (χ3n) is 4.26. The Morgan fingerprint density at radius 1 is 1.26 bits per heavy atom. The van der Waals surface area contributed by atoms with Gasteiger partial charge in [-0.25, -0.2) is 0 Å². The van der Waals surface area contributed by atoms with Crippen molar-refractivity contribution in [2.75, 3.05) is 33.9 Å². The monoisotopic (exact) mass is 271 g/mol. The average molecular weight is 271 g/mol. The van der Waals surface area contributed by atoms with Crippen LogP contribution in [0, 0.1) is 5.92 Å². The smallest absolute Gasteiger partial charge is 0.306 e. The van der Waals surface area contributed by atoms with Gasteiger partial charge in [-0.2, -0.15) is 0 Å². The first-order valence-electron chi connectivity index (χ1n) is 7.51. The molecule has 0 aromatic heterocycles. The minimum Gasteiger partial charge on any atom is -0.469 e. The molecule has 2 atom stereocenters. The molecule has 112 valence electrons. The lowest BCUT2D eigenvalue weighted by Crippen LogP contribution is -2.41. The highest BCUT2D eigenvalue weighted by Gasteiger charge is 2.26. The number of hydrogen-bond donors (Lipinski definition) is 0. The topological polar surface area (TPSA) is 38.8 Å². The van der Waals surface area contributed by atoms with E-state index in [1.54, 1.807) is 7.11 Å². The highest BCUT2D eigenvalue weighted by atomic mass is 16.5. The van der Waals surface area contributed by atoms with E-state index in [1.165, 1.54) is 39.2 Å². The molecule has 0 N–H and O–H groups in total. The summed E-state index contributed by atoms with van der Waals surface area (Å²) in [6.45, 7) is 4.71. The van der Waals surface area contributed by atoms with Crippen molar-refractivity contribution in [3.05, 3.63) is 0 Å². The third kappa shape index (κ3) is 5.91. The van der Waals surface area contributed by atoms with E-state index < -0.39 is 0 Å². The van der Waals surface area contributed by atoms with Gasteiger partial charge in [-0.05, 0) is 18.8 Å². The molecule has 2 unspecified atom stereocenters. The van der Waals surface area contributed by atoms with Crippen LogP contribution < -0.4 is 0 Å². The van der Waals surface area contributed by atoms with Crippen LogP contribution in [0.2, 0.25) is 0 Å². The van der Waals surface area contributed by atoms with E-state index in [9.17, 15) is 4.79 Å². The van der Waals surface area contributed by atoms with Gasteiger partial charge in [0.1, 0.15) is 0 Å². The number of hydrogen-bond acceptors (Lipinski definition) is 4. The van der Waals surface area contributed by atoms with Gasteiger partial charge in [-0.15, -0.1) is 0 Å². The molecule has 0 amide bonds. The zero-order valence-corrected chi connectivity index (χ0v) is 12.7. The van der Waals surface area contributed by atoms with Crippen LogP contribution in [0.1, 0.15) is 45.4 Å². The summed E-state index contributed by atoms with van der Waals surface area (Å²) in [5.74, 6) is 0.729. The minimum absolute atomic E-state index is 0.120. The molecule has 1 saturated carbocycles. The largest absolute Gasteiger partial charge is 0.469 e. The summed E-state index contributed by atoms with van der Waals surface area (Å²) < 4.78 is 9.93. The van der Waals surface area contributed by atoms with Gasteiger partial charge in [0.2, 0.25) is 0 Å². The number of esters is 1. The fraction of sp³-hybridized carbons (Fsp3) is 0.933. The van der Waals surface area contributed by atoms with Gasteiger partial charge in [-0.1, -0.05) is 26.2 Å². The van der Waals surface area contributed by atoms with Gasteiger partial charge < -0.3 is 9.47 Å². The molecule has 19 heavy (non-hydrogen) atoms. The van der Waals surface area contributed by atoms with E-state index >= 15 is 0 Å². The van der Waals surface area contributed by atoms with E-state index in [4.69, 9.17) is 9.47 Å². The van der Waals surface area contributed by atoms with Crippen molar-refractivity contribution in [1.29, 1.82) is 0 Å². The second-order valence-corrected chi connectivity index (χ2v) is 5.45. The van der Waals surface area contributed by atoms with Crippen molar-refractivity contribution in [3.63, 3.8) is 0 Å². The van der Waals surface area contributed by atoms with Crippen LogP contribution in [0.4, 0.5) is 0 Å². The van der Waals surface area contributed by atoms with Crippen molar-refractivity contribution in [3.8, 4) is 0 Å². The molecule has 4 nitrogen and oxygen atoms in total. The molecule has 1 rings (SSSR count). The predicted octanol–water partition coefficient (Wildman–Crippen LogP) is 2.47. The van der Waals surface area contributed by atoms with Crippen LogP contribution in [0.15, 0.2) is 0 Å². The molecule has 1 aliphatic carbocycles. The summed E-state index contributed by atoms with van der Waals surface area (Å²) in [7, 11) is 3.18. The Kier molecular flexibility index (Phi) is 8.07. The number of nitrogens with zero attached hydrogens (tertiary/aromatic N) is 1. The summed E-state index contributed by atoms with van der Waals surface area (Å²) in [4.78, 5) is 13.7. The van der Waals surface area contributed by atoms with Crippen LogP contribution in [0.3, 0.4) is 0 Å². The van der Waals surface area contributed by atoms with Crippen LogP contribution in [0.25, 0.3) is 0 Å². The van der Waals surface area contributed by atoms with Crippen LogP contribution >= 0.6 is 0 Å². The summed E-state index contributed by atoms with van der Waals surface area (Å²) in [6, 6.07) is 0.610. The van der Waals surface area contributed by atoms with Gasteiger partial charge >= 0.3 is 5.97 Å². The second-order valence-electron chi connectivity index (χ2n) is 5.45. The Hall–Kier alpha value is -0.610. The number of ether oxygens (including phenoxy) is 2. The molecular formula is C15H29NO3. The maximum absolute atomic E-state index is 11.3. The van der Waals surface area contributed by atoms with Crippen molar-refractivity contribution in [2.24, 2.45) is 5.92 Å². The quantitative estimate of drug-likeness (QED) is 0.636. The molecule has 0 aromatic carbocycles. The van der Waals surface area contributed by atoms with Crippen LogP contribution in [0.5, 0.6) is 0 Å². The standard InChI is InChI=1S/C15H29NO3/c1-4-13-6-5-7-14(12-13)16(10-11-18-2)9-8-15(17)19-3/h13-14H,4-12H2,1-3H3. The first-order chi connectivity index (χ1) is 9.21. The molecule has 0 heterocycles. The molecule has 0 aliphatic heterocycles. The molecule has 1 fully saturated rings. The Morgan fingerprint density at radius 3 is 2.68 bits per heavy atom. The molecule has 0 saturated heterocycles. The van der Waals surface area contributed by atoms with Crippen molar-refractivity contribution in [1.82, 2.24) is 4.90 Å². The zero-order valence-electron chi connectivity index (χ0n) is 12.7. The fourth-order valence-electron chi connectivity index (χ4n) is 2.99. The number of rotatable bonds is 8. The van der Waals surface area contributed by atoms with E-state index in [-0.39, 0.29) is 5.97 Å². The van der Waals surface area contributed by atoms with Gasteiger partial charge in [0.05, 0.1) is 20.1 Å². The lowest BCUT2D eigenvalue weighted by Gasteiger charge is -2.37. The predicted molar refractivity (Wildman–Crippen MR) is 76.1 cm³/mol. The maximum atomic E-state index is 11.3. The van der Waals surface area contributed by atoms with Crippen molar-refractivity contribution < 1.29 is 14.3 Å². The Labute approximate surface area is 117 Å². The maximum Gasteiger partial charge on any atom is 0.306 e. The van der Waals surface area contributed by atoms with Crippen molar-refractivity contribution >= 4 is 5.97 Å². The van der Waals surface area contributed by atoms with E-state index in [0.717, 1.165) is 25.6 Å². The molecule has 0 bridgehead atoms. The fourth-order valence-corrected chi connectivity index (χ4v) is 2.99. The molecular weight excluding hydrogens is 242 g/mol. The van der Waals surface area contributed by atoms with Gasteiger partial charge in [-0.3, -0.25) is 9.69 Å². The minimum atomic E-state index is -0.120. The average Bonchev–Trinajstić information content (AvgIpc) is 2.47. The highest BCUT2D eigenvalue weighted by Crippen LogP contribution is 2.29. The lowest BCUT2D eigenvalue weighted by molar-refractivity contribution is -0.141. The molecule has 0 spiro atoms. The van der Waals surface area contributed by atoms with Gasteiger partial charge in [0.15, 0.2) is 0 Å². The summed E-state index contributed by atoms with van der Waals surface area (Å²) in [6.07, 6.45) is 6.94. The first-order valence-corrected chi connectivity index (χ1v) is 7.51. The number of methoxy groups -OCH3 is 2. The summed E-state index contributed by atoms with van der Waals surface area (Å²) in [5.41, 5.74) is 0. The van der Waals surface area contributed by atoms with E-state index in [2.05, 4.69) is 11.8 Å². The number of carbonyl (C=O) groups excluding carboxylic acids is 1. The molecule has 4 heteroatoms. The zero-order chi connectivity index (χ0) is 14.1. The third-order valence-corrected chi connectivity index (χ3v) is 4.26. The Bertz CT molecular complexity index is 258. The van der Waals surface area contributed by atoms with Crippen molar-refractivity contribution in [2.45, 2.75) is 51.5 Å². The van der Waals surface area contributed by atoms with E-state index in [1.807, 2.05) is 0 Å². The van der Waals surface area contributed by atoms with E-state index in [0.29, 0.717) is 12.5 Å². The number of carbonyl (C=O) groups is 1. The molecule has 1 aliphatic rings. The molecule has 0 radical (unpaired) electrons. The Morgan fingerprint density at radius 2 is 2.05 bits per heavy atom. The SMILES string of the molecule is CCC1CCCC(N(CCOC)CCC(=O)OC)C1. The van der Waals surface area contributed by atoms with Crippen LogP contribution in [-0.2, 0) is 14.3 Å². The lowest BCUT2D eigenvalue weighted by atomic mass is 9.83.